The molecule has 1 heterocycles. The minimum absolute atomic E-state index is 0.352. The number of carbonyl (C=O) groups is 1. The Kier molecular flexibility index (Phi) is 3.47. The van der Waals surface area contributed by atoms with Crippen LogP contribution in [0.25, 0.3) is 5.76 Å². The molecule has 0 aromatic heterocycles. The fourth-order valence-electron chi connectivity index (χ4n) is 1.94. The first-order chi connectivity index (χ1) is 8.22. The molecule has 0 saturated carbocycles. The Bertz CT molecular complexity index is 449. The van der Waals surface area contributed by atoms with Crippen molar-refractivity contribution < 1.29 is 14.3 Å². The van der Waals surface area contributed by atoms with Crippen LogP contribution in [-0.2, 0) is 14.3 Å². The van der Waals surface area contributed by atoms with Crippen LogP contribution in [0.15, 0.2) is 30.3 Å². The quantitative estimate of drug-likeness (QED) is 0.581. The Labute approximate surface area is 101 Å². The third-order valence-corrected chi connectivity index (χ3v) is 2.78. The summed E-state index contributed by atoms with van der Waals surface area (Å²) in [5.74, 6) is 0.606. The molecule has 3 nitrogen and oxygen atoms in total. The zero-order valence-corrected chi connectivity index (χ0v) is 10.1. The molecule has 2 rings (SSSR count). The van der Waals surface area contributed by atoms with E-state index in [4.69, 9.17) is 9.47 Å². The average Bonchev–Trinajstić information content (AvgIpc) is 2.34. The first-order valence-electron chi connectivity index (χ1n) is 5.83. The second-order valence-corrected chi connectivity index (χ2v) is 4.06. The molecule has 1 aliphatic heterocycles. The van der Waals surface area contributed by atoms with E-state index in [2.05, 4.69) is 13.0 Å². The predicted molar refractivity (Wildman–Crippen MR) is 65.4 cm³/mol. The van der Waals surface area contributed by atoms with E-state index in [0.717, 1.165) is 5.56 Å². The van der Waals surface area contributed by atoms with Crippen molar-refractivity contribution in [2.24, 2.45) is 0 Å². The molecule has 3 heteroatoms. The van der Waals surface area contributed by atoms with Gasteiger partial charge in [0.25, 0.3) is 0 Å². The molecule has 0 N–H and O–H groups in total. The summed E-state index contributed by atoms with van der Waals surface area (Å²) >= 11 is 0. The van der Waals surface area contributed by atoms with Gasteiger partial charge < -0.3 is 9.47 Å². The highest BCUT2D eigenvalue weighted by molar-refractivity contribution is 5.90. The van der Waals surface area contributed by atoms with E-state index in [1.165, 1.54) is 11.6 Å². The van der Waals surface area contributed by atoms with Crippen LogP contribution < -0.4 is 0 Å². The summed E-state index contributed by atoms with van der Waals surface area (Å²) < 4.78 is 10.5. The maximum atomic E-state index is 11.4. The van der Waals surface area contributed by atoms with Crippen molar-refractivity contribution in [2.45, 2.75) is 19.8 Å². The Balaban J connectivity index is 2.33. The summed E-state index contributed by atoms with van der Waals surface area (Å²) in [5, 5.41) is 0. The molecule has 17 heavy (non-hydrogen) atoms. The molecular weight excluding hydrogens is 216 g/mol. The molecule has 1 aromatic rings. The van der Waals surface area contributed by atoms with Gasteiger partial charge in [0.2, 0.25) is 0 Å². The van der Waals surface area contributed by atoms with E-state index in [9.17, 15) is 4.79 Å². The Morgan fingerprint density at radius 1 is 1.53 bits per heavy atom. The molecule has 0 spiro atoms. The van der Waals surface area contributed by atoms with Crippen LogP contribution in [0, 0.1) is 0 Å². The Morgan fingerprint density at radius 3 is 3.06 bits per heavy atom. The summed E-state index contributed by atoms with van der Waals surface area (Å²) in [6.07, 6.45) is 1.42. The van der Waals surface area contributed by atoms with Gasteiger partial charge in [-0.25, -0.2) is 4.79 Å². The van der Waals surface area contributed by atoms with Gasteiger partial charge in [-0.1, -0.05) is 31.2 Å². The standard InChI is InChI=1S/C14H16O3/c1-3-16-14(15)8-13-12-7-5-4-6-11(12)10(2)9-17-13/h4-8,10H,3,9H2,1-2H3/b13-8-. The highest BCUT2D eigenvalue weighted by atomic mass is 16.5. The van der Waals surface area contributed by atoms with Crippen molar-refractivity contribution in [1.29, 1.82) is 0 Å². The van der Waals surface area contributed by atoms with Crippen molar-refractivity contribution in [3.8, 4) is 0 Å². The number of hydrogen-bond acceptors (Lipinski definition) is 3. The lowest BCUT2D eigenvalue weighted by Gasteiger charge is -2.25. The van der Waals surface area contributed by atoms with E-state index in [0.29, 0.717) is 24.9 Å². The summed E-state index contributed by atoms with van der Waals surface area (Å²) in [4.78, 5) is 11.4. The molecule has 0 saturated heterocycles. The Morgan fingerprint density at radius 2 is 2.29 bits per heavy atom. The fourth-order valence-corrected chi connectivity index (χ4v) is 1.94. The van der Waals surface area contributed by atoms with Gasteiger partial charge in [0, 0.05) is 11.5 Å². The second-order valence-electron chi connectivity index (χ2n) is 4.06. The molecular formula is C14H16O3. The number of benzene rings is 1. The normalized spacial score (nSPS) is 20.6. The topological polar surface area (TPSA) is 35.5 Å². The summed E-state index contributed by atoms with van der Waals surface area (Å²) in [6, 6.07) is 7.99. The zero-order valence-electron chi connectivity index (χ0n) is 10.1. The highest BCUT2D eigenvalue weighted by Crippen LogP contribution is 2.32. The van der Waals surface area contributed by atoms with Crippen molar-refractivity contribution in [3.05, 3.63) is 41.5 Å². The van der Waals surface area contributed by atoms with Crippen LogP contribution in [0.4, 0.5) is 0 Å². The molecule has 90 valence electrons. The van der Waals surface area contributed by atoms with Gasteiger partial charge in [0.15, 0.2) is 0 Å². The van der Waals surface area contributed by atoms with Gasteiger partial charge in [-0.3, -0.25) is 0 Å². The molecule has 1 aromatic carbocycles. The SMILES string of the molecule is CCOC(=O)/C=C1\OCC(C)c2ccccc21. The van der Waals surface area contributed by atoms with Crippen LogP contribution in [0.3, 0.4) is 0 Å². The van der Waals surface area contributed by atoms with E-state index in [1.807, 2.05) is 18.2 Å². The van der Waals surface area contributed by atoms with Gasteiger partial charge >= 0.3 is 5.97 Å². The zero-order chi connectivity index (χ0) is 12.3. The summed E-state index contributed by atoms with van der Waals surface area (Å²) in [7, 11) is 0. The number of rotatable bonds is 2. The van der Waals surface area contributed by atoms with Crippen LogP contribution in [-0.4, -0.2) is 19.2 Å². The van der Waals surface area contributed by atoms with Crippen molar-refractivity contribution >= 4 is 11.7 Å². The largest absolute Gasteiger partial charge is 0.492 e. The van der Waals surface area contributed by atoms with Gasteiger partial charge in [-0.05, 0) is 12.5 Å². The highest BCUT2D eigenvalue weighted by Gasteiger charge is 2.21. The predicted octanol–water partition coefficient (Wildman–Crippen LogP) is 2.72. The molecule has 0 amide bonds. The number of fused-ring (bicyclic) bond motifs is 1. The van der Waals surface area contributed by atoms with Crippen LogP contribution >= 0.6 is 0 Å². The summed E-state index contributed by atoms with van der Waals surface area (Å²) in [5.41, 5.74) is 2.20. The minimum Gasteiger partial charge on any atom is -0.492 e. The smallest absolute Gasteiger partial charge is 0.334 e. The average molecular weight is 232 g/mol. The molecule has 1 aliphatic rings. The summed E-state index contributed by atoms with van der Waals surface area (Å²) in [6.45, 7) is 4.87. The van der Waals surface area contributed by atoms with Gasteiger partial charge in [0.05, 0.1) is 19.3 Å². The van der Waals surface area contributed by atoms with E-state index >= 15 is 0 Å². The molecule has 0 fully saturated rings. The number of hydrogen-bond donors (Lipinski definition) is 0. The number of ether oxygens (including phenoxy) is 2. The van der Waals surface area contributed by atoms with Crippen LogP contribution in [0.2, 0.25) is 0 Å². The van der Waals surface area contributed by atoms with Crippen LogP contribution in [0.1, 0.15) is 30.9 Å². The number of esters is 1. The van der Waals surface area contributed by atoms with Crippen molar-refractivity contribution in [2.75, 3.05) is 13.2 Å². The number of carbonyl (C=O) groups excluding carboxylic acids is 1. The van der Waals surface area contributed by atoms with Gasteiger partial charge in [-0.2, -0.15) is 0 Å². The Hall–Kier alpha value is -1.77. The maximum absolute atomic E-state index is 11.4. The molecule has 0 radical (unpaired) electrons. The molecule has 0 aliphatic carbocycles. The third kappa shape index (κ3) is 2.49. The monoisotopic (exact) mass is 232 g/mol. The van der Waals surface area contributed by atoms with Gasteiger partial charge in [0.1, 0.15) is 5.76 Å². The molecule has 1 unspecified atom stereocenters. The lowest BCUT2D eigenvalue weighted by atomic mass is 9.93. The van der Waals surface area contributed by atoms with Crippen LogP contribution in [0.5, 0.6) is 0 Å². The van der Waals surface area contributed by atoms with Crippen molar-refractivity contribution in [1.82, 2.24) is 0 Å². The van der Waals surface area contributed by atoms with E-state index in [-0.39, 0.29) is 5.97 Å². The first-order valence-corrected chi connectivity index (χ1v) is 5.83. The van der Waals surface area contributed by atoms with E-state index in [1.54, 1.807) is 6.92 Å². The maximum Gasteiger partial charge on any atom is 0.334 e. The lowest BCUT2D eigenvalue weighted by molar-refractivity contribution is -0.137. The first kappa shape index (κ1) is 11.7. The minimum atomic E-state index is -0.355. The van der Waals surface area contributed by atoms with Crippen molar-refractivity contribution in [3.63, 3.8) is 0 Å². The molecule has 0 bridgehead atoms. The third-order valence-electron chi connectivity index (χ3n) is 2.78. The molecule has 1 atom stereocenters. The van der Waals surface area contributed by atoms with Gasteiger partial charge in [-0.15, -0.1) is 0 Å². The second kappa shape index (κ2) is 5.04. The fraction of sp³-hybridized carbons (Fsp3) is 0.357. The van der Waals surface area contributed by atoms with E-state index < -0.39 is 0 Å². The lowest BCUT2D eigenvalue weighted by Crippen LogP contribution is -2.14.